The Morgan fingerprint density at radius 3 is 2.81 bits per heavy atom. The summed E-state index contributed by atoms with van der Waals surface area (Å²) in [6.07, 6.45) is 0.999. The summed E-state index contributed by atoms with van der Waals surface area (Å²) in [6, 6.07) is 12.1. The Balaban J connectivity index is 2.04. The topological polar surface area (TPSA) is 42.5 Å². The quantitative estimate of drug-likeness (QED) is 0.750. The van der Waals surface area contributed by atoms with E-state index in [0.717, 1.165) is 23.5 Å². The molecule has 0 bridgehead atoms. The van der Waals surface area contributed by atoms with E-state index >= 15 is 0 Å². The first-order valence-corrected chi connectivity index (χ1v) is 5.44. The van der Waals surface area contributed by atoms with Crippen LogP contribution in [0.25, 0.3) is 11.3 Å². The molecule has 4 nitrogen and oxygen atoms in total. The molecule has 0 fully saturated rings. The van der Waals surface area contributed by atoms with Gasteiger partial charge in [-0.2, -0.15) is 10.2 Å². The molecule has 1 aliphatic rings. The highest BCUT2D eigenvalue weighted by Crippen LogP contribution is 2.33. The first kappa shape index (κ1) is 9.27. The molecule has 1 aliphatic heterocycles. The molecule has 2 aromatic rings. The van der Waals surface area contributed by atoms with Crippen molar-refractivity contribution < 1.29 is 0 Å². The average molecular weight is 212 g/mol. The first-order valence-electron chi connectivity index (χ1n) is 5.44. The SMILES string of the molecule is CCC1N=Nc2cc(-c3ccccc3)nn21. The van der Waals surface area contributed by atoms with E-state index < -0.39 is 0 Å². The van der Waals surface area contributed by atoms with E-state index in [9.17, 15) is 0 Å². The Labute approximate surface area is 93.6 Å². The van der Waals surface area contributed by atoms with Gasteiger partial charge in [0.15, 0.2) is 12.0 Å². The fraction of sp³-hybridized carbons (Fsp3) is 0.250. The molecule has 0 N–H and O–H groups in total. The number of aromatic nitrogens is 2. The third-order valence-electron chi connectivity index (χ3n) is 2.73. The summed E-state index contributed by atoms with van der Waals surface area (Å²) in [5, 5.41) is 12.8. The zero-order valence-corrected chi connectivity index (χ0v) is 9.04. The molecule has 1 atom stereocenters. The lowest BCUT2D eigenvalue weighted by Crippen LogP contribution is -2.02. The molecule has 4 heteroatoms. The number of hydrogen-bond acceptors (Lipinski definition) is 3. The molecular formula is C12H12N4. The lowest BCUT2D eigenvalue weighted by atomic mass is 10.2. The molecule has 0 radical (unpaired) electrons. The summed E-state index contributed by atoms with van der Waals surface area (Å²) in [6.45, 7) is 2.09. The van der Waals surface area contributed by atoms with Crippen LogP contribution in [0.2, 0.25) is 0 Å². The maximum Gasteiger partial charge on any atom is 0.175 e. The Kier molecular flexibility index (Phi) is 2.06. The van der Waals surface area contributed by atoms with Crippen molar-refractivity contribution in [3.63, 3.8) is 0 Å². The highest BCUT2D eigenvalue weighted by Gasteiger charge is 2.20. The van der Waals surface area contributed by atoms with Crippen LogP contribution in [0.1, 0.15) is 19.5 Å². The molecule has 0 amide bonds. The van der Waals surface area contributed by atoms with Crippen molar-refractivity contribution in [3.8, 4) is 11.3 Å². The highest BCUT2D eigenvalue weighted by atomic mass is 15.5. The molecule has 0 spiro atoms. The largest absolute Gasteiger partial charge is 0.219 e. The van der Waals surface area contributed by atoms with Gasteiger partial charge in [-0.1, -0.05) is 37.3 Å². The second kappa shape index (κ2) is 3.56. The van der Waals surface area contributed by atoms with Crippen LogP contribution >= 0.6 is 0 Å². The maximum absolute atomic E-state index is 4.54. The van der Waals surface area contributed by atoms with Crippen LogP contribution in [0.4, 0.5) is 5.82 Å². The Hall–Kier alpha value is -1.97. The number of hydrogen-bond donors (Lipinski definition) is 0. The predicted octanol–water partition coefficient (Wildman–Crippen LogP) is 3.56. The fourth-order valence-electron chi connectivity index (χ4n) is 1.86. The summed E-state index contributed by atoms with van der Waals surface area (Å²) < 4.78 is 1.89. The molecule has 2 heterocycles. The van der Waals surface area contributed by atoms with Crippen molar-refractivity contribution in [2.45, 2.75) is 19.5 Å². The van der Waals surface area contributed by atoms with Crippen molar-refractivity contribution in [3.05, 3.63) is 36.4 Å². The summed E-state index contributed by atoms with van der Waals surface area (Å²) in [5.41, 5.74) is 2.09. The zero-order chi connectivity index (χ0) is 11.0. The number of rotatable bonds is 2. The van der Waals surface area contributed by atoms with Gasteiger partial charge in [0.25, 0.3) is 0 Å². The molecule has 1 aromatic carbocycles. The number of benzene rings is 1. The van der Waals surface area contributed by atoms with Crippen molar-refractivity contribution in [2.24, 2.45) is 10.2 Å². The van der Waals surface area contributed by atoms with Crippen molar-refractivity contribution >= 4 is 5.82 Å². The normalized spacial score (nSPS) is 17.7. The van der Waals surface area contributed by atoms with Gasteiger partial charge >= 0.3 is 0 Å². The van der Waals surface area contributed by atoms with Crippen LogP contribution in [0, 0.1) is 0 Å². The fourth-order valence-corrected chi connectivity index (χ4v) is 1.86. The molecular weight excluding hydrogens is 200 g/mol. The summed E-state index contributed by atoms with van der Waals surface area (Å²) in [4.78, 5) is 0. The van der Waals surface area contributed by atoms with Gasteiger partial charge in [0, 0.05) is 11.6 Å². The van der Waals surface area contributed by atoms with Crippen LogP contribution < -0.4 is 0 Å². The molecule has 0 saturated carbocycles. The molecule has 0 saturated heterocycles. The third kappa shape index (κ3) is 1.34. The van der Waals surface area contributed by atoms with Crippen LogP contribution in [0.5, 0.6) is 0 Å². The summed E-state index contributed by atoms with van der Waals surface area (Å²) in [5.74, 6) is 0.853. The van der Waals surface area contributed by atoms with Gasteiger partial charge < -0.3 is 0 Å². The van der Waals surface area contributed by atoms with Gasteiger partial charge in [0.1, 0.15) is 0 Å². The molecule has 1 aromatic heterocycles. The molecule has 1 unspecified atom stereocenters. The lowest BCUT2D eigenvalue weighted by Gasteiger charge is -2.03. The smallest absolute Gasteiger partial charge is 0.175 e. The van der Waals surface area contributed by atoms with E-state index in [2.05, 4.69) is 34.4 Å². The van der Waals surface area contributed by atoms with Crippen molar-refractivity contribution in [1.82, 2.24) is 9.78 Å². The second-order valence-corrected chi connectivity index (χ2v) is 3.80. The molecule has 3 rings (SSSR count). The minimum absolute atomic E-state index is 0.0764. The van der Waals surface area contributed by atoms with Gasteiger partial charge in [0.2, 0.25) is 0 Å². The van der Waals surface area contributed by atoms with E-state index in [1.54, 1.807) is 0 Å². The van der Waals surface area contributed by atoms with Crippen molar-refractivity contribution in [1.29, 1.82) is 0 Å². The van der Waals surface area contributed by atoms with Gasteiger partial charge in [-0.25, -0.2) is 4.68 Å². The van der Waals surface area contributed by atoms with Gasteiger partial charge in [-0.3, -0.25) is 0 Å². The standard InChI is InChI=1S/C12H12N4/c1-2-11-13-14-12-8-10(15-16(11)12)9-6-4-3-5-7-9/h3-8,11H,2H2,1H3. The average Bonchev–Trinajstić information content (AvgIpc) is 2.89. The monoisotopic (exact) mass is 212 g/mol. The number of nitrogens with zero attached hydrogens (tertiary/aromatic N) is 4. The van der Waals surface area contributed by atoms with Gasteiger partial charge in [-0.15, -0.1) is 5.11 Å². The van der Waals surface area contributed by atoms with Crippen LogP contribution in [0.3, 0.4) is 0 Å². The Morgan fingerprint density at radius 2 is 2.06 bits per heavy atom. The Bertz CT molecular complexity index is 527. The second-order valence-electron chi connectivity index (χ2n) is 3.80. The lowest BCUT2D eigenvalue weighted by molar-refractivity contribution is 0.482. The number of fused-ring (bicyclic) bond motifs is 1. The predicted molar refractivity (Wildman–Crippen MR) is 61.5 cm³/mol. The number of azo groups is 1. The first-order chi connectivity index (χ1) is 7.88. The zero-order valence-electron chi connectivity index (χ0n) is 9.04. The maximum atomic E-state index is 4.54. The third-order valence-corrected chi connectivity index (χ3v) is 2.73. The molecule has 16 heavy (non-hydrogen) atoms. The summed E-state index contributed by atoms with van der Waals surface area (Å²) >= 11 is 0. The Morgan fingerprint density at radius 1 is 1.25 bits per heavy atom. The minimum atomic E-state index is 0.0764. The van der Waals surface area contributed by atoms with Gasteiger partial charge in [0.05, 0.1) is 5.69 Å². The van der Waals surface area contributed by atoms with Crippen LogP contribution in [-0.2, 0) is 0 Å². The van der Waals surface area contributed by atoms with E-state index in [1.807, 2.05) is 28.9 Å². The van der Waals surface area contributed by atoms with E-state index in [1.165, 1.54) is 0 Å². The van der Waals surface area contributed by atoms with E-state index in [4.69, 9.17) is 0 Å². The molecule has 80 valence electrons. The highest BCUT2D eigenvalue weighted by molar-refractivity contribution is 5.62. The van der Waals surface area contributed by atoms with E-state index in [-0.39, 0.29) is 6.17 Å². The minimum Gasteiger partial charge on any atom is -0.219 e. The van der Waals surface area contributed by atoms with Gasteiger partial charge in [-0.05, 0) is 6.42 Å². The summed E-state index contributed by atoms with van der Waals surface area (Å²) in [7, 11) is 0. The van der Waals surface area contributed by atoms with Crippen LogP contribution in [-0.4, -0.2) is 9.78 Å². The van der Waals surface area contributed by atoms with Crippen LogP contribution in [0.15, 0.2) is 46.6 Å². The van der Waals surface area contributed by atoms with Crippen molar-refractivity contribution in [2.75, 3.05) is 0 Å². The molecule has 0 aliphatic carbocycles. The van der Waals surface area contributed by atoms with E-state index in [0.29, 0.717) is 0 Å².